The zero-order valence-electron chi connectivity index (χ0n) is 24.4. The van der Waals surface area contributed by atoms with Gasteiger partial charge < -0.3 is 20.5 Å². The Balaban J connectivity index is 1.31. The molecule has 0 saturated heterocycles. The van der Waals surface area contributed by atoms with Crippen LogP contribution in [0.2, 0.25) is 0 Å². The third kappa shape index (κ3) is 7.10. The number of amides is 1. The molecular weight excluding hydrogens is 583 g/mol. The van der Waals surface area contributed by atoms with E-state index in [4.69, 9.17) is 4.74 Å². The van der Waals surface area contributed by atoms with Gasteiger partial charge in [-0.3, -0.25) is 14.9 Å². The number of ether oxygens (including phenoxy) is 1. The van der Waals surface area contributed by atoms with Crippen molar-refractivity contribution in [1.82, 2.24) is 20.6 Å². The van der Waals surface area contributed by atoms with Crippen LogP contribution in [0.4, 0.5) is 19.0 Å². The number of anilines is 1. The zero-order valence-corrected chi connectivity index (χ0v) is 25.2. The normalized spacial score (nSPS) is 26.7. The van der Waals surface area contributed by atoms with Gasteiger partial charge in [0, 0.05) is 47.5 Å². The van der Waals surface area contributed by atoms with Gasteiger partial charge in [-0.25, -0.2) is 9.97 Å². The molecule has 1 amide bonds. The highest BCUT2D eigenvalue weighted by Gasteiger charge is 2.44. The number of rotatable bonds is 9. The molecular formula is C30H36F3N5O4S. The molecule has 6 atom stereocenters. The quantitative estimate of drug-likeness (QED) is 0.174. The average Bonchev–Trinajstić information content (AvgIpc) is 3.63. The van der Waals surface area contributed by atoms with E-state index in [1.807, 2.05) is 19.9 Å². The molecule has 43 heavy (non-hydrogen) atoms. The number of nitrogens with one attached hydrogen (secondary N) is 3. The number of nitrogens with zero attached hydrogens (tertiary/aromatic N) is 2. The van der Waals surface area contributed by atoms with Gasteiger partial charge >= 0.3 is 12.1 Å². The summed E-state index contributed by atoms with van der Waals surface area (Å²) >= 11 is 1.39. The number of hydrogen-bond donors (Lipinski definition) is 4. The molecule has 3 aliphatic rings. The topological polar surface area (TPSA) is 125 Å². The smallest absolute Gasteiger partial charge is 0.412 e. The Hall–Kier alpha value is -3.29. The number of aliphatic hydroxyl groups is 1. The van der Waals surface area contributed by atoms with E-state index >= 15 is 0 Å². The van der Waals surface area contributed by atoms with Crippen LogP contribution in [0.25, 0.3) is 10.2 Å². The fraction of sp³-hybridized carbons (Fsp3) is 0.533. The van der Waals surface area contributed by atoms with Crippen molar-refractivity contribution in [2.45, 2.75) is 71.4 Å². The second-order valence-electron chi connectivity index (χ2n) is 11.7. The summed E-state index contributed by atoms with van der Waals surface area (Å²) in [6.45, 7) is 6.25. The molecule has 2 heterocycles. The lowest BCUT2D eigenvalue weighted by Gasteiger charge is -2.37. The van der Waals surface area contributed by atoms with Gasteiger partial charge in [0.15, 0.2) is 0 Å². The van der Waals surface area contributed by atoms with Crippen molar-refractivity contribution >= 4 is 39.2 Å². The molecule has 5 rings (SSSR count). The molecule has 232 valence electrons. The van der Waals surface area contributed by atoms with Crippen molar-refractivity contribution in [2.75, 3.05) is 11.9 Å². The number of thiophene rings is 1. The van der Waals surface area contributed by atoms with Crippen molar-refractivity contribution < 1.29 is 32.6 Å². The summed E-state index contributed by atoms with van der Waals surface area (Å²) in [5, 5.41) is 22.2. The van der Waals surface area contributed by atoms with Crippen LogP contribution in [-0.4, -0.2) is 58.0 Å². The fourth-order valence-corrected chi connectivity index (χ4v) is 6.76. The number of esters is 1. The largest absolute Gasteiger partial charge is 0.465 e. The number of fused-ring (bicyclic) bond motifs is 1. The number of aromatic nitrogens is 2. The van der Waals surface area contributed by atoms with E-state index in [0.29, 0.717) is 35.1 Å². The maximum atomic E-state index is 14.0. The van der Waals surface area contributed by atoms with Crippen LogP contribution in [0.3, 0.4) is 0 Å². The van der Waals surface area contributed by atoms with Gasteiger partial charge in [0.1, 0.15) is 18.4 Å². The van der Waals surface area contributed by atoms with E-state index < -0.39 is 47.7 Å². The van der Waals surface area contributed by atoms with Crippen LogP contribution < -0.4 is 16.0 Å². The Morgan fingerprint density at radius 2 is 1.93 bits per heavy atom. The maximum absolute atomic E-state index is 14.0. The lowest BCUT2D eigenvalue weighted by Crippen LogP contribution is -2.48. The first-order chi connectivity index (χ1) is 20.3. The third-order valence-corrected chi connectivity index (χ3v) is 9.28. The summed E-state index contributed by atoms with van der Waals surface area (Å²) in [4.78, 5) is 33.3. The van der Waals surface area contributed by atoms with Crippen LogP contribution in [0.15, 0.2) is 46.8 Å². The van der Waals surface area contributed by atoms with E-state index in [1.54, 1.807) is 18.4 Å². The van der Waals surface area contributed by atoms with Crippen molar-refractivity contribution in [3.8, 4) is 0 Å². The molecule has 13 heteroatoms. The second-order valence-corrected chi connectivity index (χ2v) is 12.6. The van der Waals surface area contributed by atoms with Crippen LogP contribution in [0.1, 0.15) is 57.3 Å². The van der Waals surface area contributed by atoms with Crippen molar-refractivity contribution in [1.29, 1.82) is 0 Å². The predicted molar refractivity (Wildman–Crippen MR) is 157 cm³/mol. The second kappa shape index (κ2) is 12.4. The molecule has 0 radical (unpaired) electrons. The van der Waals surface area contributed by atoms with Gasteiger partial charge in [-0.05, 0) is 43.6 Å². The number of aliphatic hydroxyl groups excluding tert-OH is 1. The number of carbonyl (C=O) groups excluding carboxylic acids is 2. The minimum atomic E-state index is -4.61. The van der Waals surface area contributed by atoms with Gasteiger partial charge in [-0.15, -0.1) is 11.3 Å². The summed E-state index contributed by atoms with van der Waals surface area (Å²) in [5.41, 5.74) is 1.52. The first-order valence-electron chi connectivity index (χ1n) is 14.4. The van der Waals surface area contributed by atoms with Crippen molar-refractivity contribution in [2.24, 2.45) is 23.7 Å². The van der Waals surface area contributed by atoms with E-state index in [-0.39, 0.29) is 18.4 Å². The van der Waals surface area contributed by atoms with Gasteiger partial charge in [0.25, 0.3) is 5.91 Å². The van der Waals surface area contributed by atoms with E-state index in [1.165, 1.54) is 17.7 Å². The molecule has 0 spiro atoms. The third-order valence-electron chi connectivity index (χ3n) is 8.30. The SMILES string of the molecule is CC(=O)OCC1C(C(F)(F)F)=CC(NC(O)C2C=C(NC(=O)c3csc4c(NC5CC5)ncnc34)C(C)=CC2C)CC1C. The van der Waals surface area contributed by atoms with E-state index in [2.05, 4.69) is 25.9 Å². The Morgan fingerprint density at radius 1 is 1.19 bits per heavy atom. The number of carbonyl (C=O) groups is 2. The highest BCUT2D eigenvalue weighted by Crippen LogP contribution is 2.41. The molecule has 1 saturated carbocycles. The maximum Gasteiger partial charge on any atom is 0.412 e. The molecule has 4 N–H and O–H groups in total. The molecule has 0 aromatic carbocycles. The molecule has 6 unspecified atom stereocenters. The summed E-state index contributed by atoms with van der Waals surface area (Å²) in [6.07, 6.45) is 2.89. The fourth-order valence-electron chi connectivity index (χ4n) is 5.81. The number of allylic oxidation sites excluding steroid dienone is 2. The van der Waals surface area contributed by atoms with Gasteiger partial charge in [-0.2, -0.15) is 13.2 Å². The summed E-state index contributed by atoms with van der Waals surface area (Å²) in [6, 6.07) is -0.359. The molecule has 0 aliphatic heterocycles. The van der Waals surface area contributed by atoms with E-state index in [0.717, 1.165) is 36.1 Å². The monoisotopic (exact) mass is 619 g/mol. The highest BCUT2D eigenvalue weighted by atomic mass is 32.1. The van der Waals surface area contributed by atoms with E-state index in [9.17, 15) is 27.9 Å². The number of alkyl halides is 3. The predicted octanol–water partition coefficient (Wildman–Crippen LogP) is 5.08. The Morgan fingerprint density at radius 3 is 2.60 bits per heavy atom. The average molecular weight is 620 g/mol. The molecule has 3 aliphatic carbocycles. The lowest BCUT2D eigenvalue weighted by atomic mass is 9.77. The Bertz CT molecular complexity index is 1480. The van der Waals surface area contributed by atoms with Crippen molar-refractivity contribution in [3.05, 3.63) is 52.3 Å². The molecule has 2 aromatic heterocycles. The zero-order chi connectivity index (χ0) is 31.1. The van der Waals surface area contributed by atoms with Crippen LogP contribution in [0, 0.1) is 23.7 Å². The number of halogens is 3. The van der Waals surface area contributed by atoms with Crippen molar-refractivity contribution in [3.63, 3.8) is 0 Å². The first kappa shape index (κ1) is 31.1. The number of hydrogen-bond acceptors (Lipinski definition) is 9. The minimum absolute atomic E-state index is 0.155. The molecule has 0 bridgehead atoms. The summed E-state index contributed by atoms with van der Waals surface area (Å²) < 4.78 is 47.6. The Kier molecular flexibility index (Phi) is 8.96. The van der Waals surface area contributed by atoms with Gasteiger partial charge in [0.2, 0.25) is 0 Å². The summed E-state index contributed by atoms with van der Waals surface area (Å²) in [5.74, 6) is -2.39. The summed E-state index contributed by atoms with van der Waals surface area (Å²) in [7, 11) is 0. The minimum Gasteiger partial charge on any atom is -0.465 e. The first-order valence-corrected chi connectivity index (χ1v) is 15.3. The van der Waals surface area contributed by atoms with Crippen LogP contribution in [0.5, 0.6) is 0 Å². The molecule has 2 aromatic rings. The lowest BCUT2D eigenvalue weighted by molar-refractivity contribution is -0.145. The van der Waals surface area contributed by atoms with Gasteiger partial charge in [0.05, 0.1) is 22.4 Å². The van der Waals surface area contributed by atoms with Crippen LogP contribution in [-0.2, 0) is 9.53 Å². The van der Waals surface area contributed by atoms with Gasteiger partial charge in [-0.1, -0.05) is 32.1 Å². The molecule has 1 fully saturated rings. The highest BCUT2D eigenvalue weighted by molar-refractivity contribution is 7.18. The Labute approximate surface area is 251 Å². The van der Waals surface area contributed by atoms with Crippen LogP contribution >= 0.6 is 11.3 Å². The molecule has 9 nitrogen and oxygen atoms in total. The standard InChI is InChI=1S/C30H36F3N5O4S/c1-14-7-16(3)24(38-29(41)22-12-43-26-25(22)34-13-35-27(26)36-18-5-6-18)10-20(14)28(40)37-19-8-15(2)21(11-42-17(4)39)23(9-19)30(31,32)33/h7,9-10,12-15,18-21,28,37,40H,5-6,8,11H2,1-4H3,(H,38,41)(H,34,35,36).